The molecule has 0 aromatic heterocycles. The first-order valence-electron chi connectivity index (χ1n) is 13.8. The van der Waals surface area contributed by atoms with Crippen molar-refractivity contribution >= 4 is 35.1 Å². The van der Waals surface area contributed by atoms with E-state index in [9.17, 15) is 14.4 Å². The fourth-order valence-electron chi connectivity index (χ4n) is 4.74. The standard InChI is InChI=1S/C28H45ClN4O5/c1-32(15-9-5-3-4-8-12-27(35)36)26(34)11-7-6-10-16-33-17-13-21(14-18-33)31-28(37)22-19-23(29)24(30)20-25(22)38-2/h19-21H,3-18,30H2,1-2H3,(H,31,37)(H,35,36). The minimum Gasteiger partial charge on any atom is -0.496 e. The number of nitrogens with zero attached hydrogens (tertiary/aromatic N) is 2. The topological polar surface area (TPSA) is 125 Å². The Morgan fingerprint density at radius 1 is 1.05 bits per heavy atom. The first-order valence-corrected chi connectivity index (χ1v) is 14.2. The molecule has 1 aliphatic heterocycles. The number of amides is 2. The number of unbranched alkanes of at least 4 members (excludes halogenated alkanes) is 6. The number of halogens is 1. The maximum atomic E-state index is 12.8. The maximum Gasteiger partial charge on any atom is 0.303 e. The second-order valence-electron chi connectivity index (χ2n) is 10.2. The molecule has 1 aromatic rings. The molecule has 4 N–H and O–H groups in total. The number of likely N-dealkylation sites (tertiary alicyclic amines) is 1. The van der Waals surface area contributed by atoms with Gasteiger partial charge >= 0.3 is 5.97 Å². The zero-order valence-corrected chi connectivity index (χ0v) is 23.7. The van der Waals surface area contributed by atoms with Crippen molar-refractivity contribution in [2.75, 3.05) is 46.1 Å². The van der Waals surface area contributed by atoms with Gasteiger partial charge < -0.3 is 30.7 Å². The number of carboxylic acid groups (broad SMARTS) is 1. The van der Waals surface area contributed by atoms with Crippen molar-refractivity contribution < 1.29 is 24.2 Å². The Morgan fingerprint density at radius 3 is 2.37 bits per heavy atom. The van der Waals surface area contributed by atoms with E-state index in [1.165, 1.54) is 7.11 Å². The molecule has 0 unspecified atom stereocenters. The fraction of sp³-hybridized carbons (Fsp3) is 0.679. The van der Waals surface area contributed by atoms with Gasteiger partial charge in [-0.1, -0.05) is 37.3 Å². The molecule has 0 radical (unpaired) electrons. The molecule has 1 aliphatic rings. The van der Waals surface area contributed by atoms with Gasteiger partial charge in [-0.3, -0.25) is 14.4 Å². The SMILES string of the molecule is COc1cc(N)c(Cl)cc1C(=O)NC1CCN(CCCCCC(=O)N(C)CCCCCCCC(=O)O)CC1. The Bertz CT molecular complexity index is 905. The van der Waals surface area contributed by atoms with Crippen molar-refractivity contribution in [3.8, 4) is 5.75 Å². The first-order chi connectivity index (χ1) is 18.2. The second kappa shape index (κ2) is 17.1. The third-order valence-corrected chi connectivity index (χ3v) is 7.49. The molecule has 2 amide bonds. The minimum atomic E-state index is -0.732. The number of nitrogen functional groups attached to an aromatic ring is 1. The van der Waals surface area contributed by atoms with Crippen molar-refractivity contribution in [1.82, 2.24) is 15.1 Å². The highest BCUT2D eigenvalue weighted by Crippen LogP contribution is 2.29. The Hall–Kier alpha value is -2.52. The number of aliphatic carboxylic acids is 1. The van der Waals surface area contributed by atoms with Crippen LogP contribution in [0.3, 0.4) is 0 Å². The number of hydrogen-bond donors (Lipinski definition) is 3. The highest BCUT2D eigenvalue weighted by molar-refractivity contribution is 6.33. The van der Waals surface area contributed by atoms with Gasteiger partial charge in [0.1, 0.15) is 5.75 Å². The highest BCUT2D eigenvalue weighted by atomic mass is 35.5. The zero-order chi connectivity index (χ0) is 27.9. The van der Waals surface area contributed by atoms with E-state index in [4.69, 9.17) is 27.2 Å². The average molecular weight is 553 g/mol. The normalized spacial score (nSPS) is 14.3. The van der Waals surface area contributed by atoms with E-state index < -0.39 is 5.97 Å². The van der Waals surface area contributed by atoms with Crippen LogP contribution in [-0.2, 0) is 9.59 Å². The lowest BCUT2D eigenvalue weighted by atomic mass is 10.0. The maximum absolute atomic E-state index is 12.8. The van der Waals surface area contributed by atoms with Crippen LogP contribution in [0.5, 0.6) is 5.75 Å². The molecule has 38 heavy (non-hydrogen) atoms. The molecular formula is C28H45ClN4O5. The summed E-state index contributed by atoms with van der Waals surface area (Å²) in [5.74, 6) is -0.320. The number of methoxy groups -OCH3 is 1. The van der Waals surface area contributed by atoms with Crippen LogP contribution in [0.15, 0.2) is 12.1 Å². The Kier molecular flexibility index (Phi) is 14.3. The molecule has 2 rings (SSSR count). The number of piperidine rings is 1. The first kappa shape index (κ1) is 31.7. The van der Waals surface area contributed by atoms with Crippen LogP contribution in [0.1, 0.15) is 87.4 Å². The van der Waals surface area contributed by atoms with Crippen LogP contribution >= 0.6 is 11.6 Å². The van der Waals surface area contributed by atoms with E-state index in [0.717, 1.165) is 90.4 Å². The lowest BCUT2D eigenvalue weighted by molar-refractivity contribution is -0.137. The number of ether oxygens (including phenoxy) is 1. The predicted octanol–water partition coefficient (Wildman–Crippen LogP) is 4.57. The third-order valence-electron chi connectivity index (χ3n) is 7.16. The molecule has 1 heterocycles. The van der Waals surface area contributed by atoms with E-state index in [-0.39, 0.29) is 24.3 Å². The summed E-state index contributed by atoms with van der Waals surface area (Å²) in [4.78, 5) is 39.9. The summed E-state index contributed by atoms with van der Waals surface area (Å²) in [5.41, 5.74) is 6.58. The van der Waals surface area contributed by atoms with Crippen molar-refractivity contribution in [3.63, 3.8) is 0 Å². The van der Waals surface area contributed by atoms with Crippen molar-refractivity contribution in [2.24, 2.45) is 0 Å². The van der Waals surface area contributed by atoms with Gasteiger partial charge in [0.25, 0.3) is 5.91 Å². The van der Waals surface area contributed by atoms with Gasteiger partial charge in [-0.15, -0.1) is 0 Å². The molecule has 1 aromatic carbocycles. The molecule has 9 nitrogen and oxygen atoms in total. The van der Waals surface area contributed by atoms with Crippen LogP contribution in [0.25, 0.3) is 0 Å². The number of benzene rings is 1. The molecule has 214 valence electrons. The number of nitrogens with two attached hydrogens (primary N) is 1. The van der Waals surface area contributed by atoms with Gasteiger partial charge in [0.15, 0.2) is 0 Å². The Labute approximate surface area is 232 Å². The molecule has 0 bridgehead atoms. The summed E-state index contributed by atoms with van der Waals surface area (Å²) in [7, 11) is 3.37. The van der Waals surface area contributed by atoms with Gasteiger partial charge in [0.05, 0.1) is 23.4 Å². The zero-order valence-electron chi connectivity index (χ0n) is 23.0. The van der Waals surface area contributed by atoms with Crippen molar-refractivity contribution in [1.29, 1.82) is 0 Å². The van der Waals surface area contributed by atoms with Gasteiger partial charge in [0, 0.05) is 51.6 Å². The van der Waals surface area contributed by atoms with Gasteiger partial charge in [-0.2, -0.15) is 0 Å². The molecule has 0 aliphatic carbocycles. The molecule has 0 atom stereocenters. The summed E-state index contributed by atoms with van der Waals surface area (Å²) in [6, 6.07) is 3.23. The highest BCUT2D eigenvalue weighted by Gasteiger charge is 2.23. The smallest absolute Gasteiger partial charge is 0.303 e. The quantitative estimate of drug-likeness (QED) is 0.191. The number of hydrogen-bond acceptors (Lipinski definition) is 6. The lowest BCUT2D eigenvalue weighted by Crippen LogP contribution is -2.44. The average Bonchev–Trinajstić information content (AvgIpc) is 2.89. The Morgan fingerprint density at radius 2 is 1.68 bits per heavy atom. The fourth-order valence-corrected chi connectivity index (χ4v) is 4.90. The summed E-state index contributed by atoms with van der Waals surface area (Å²) in [6.07, 6.45) is 10.3. The number of anilines is 1. The summed E-state index contributed by atoms with van der Waals surface area (Å²) < 4.78 is 5.29. The number of rotatable bonds is 17. The van der Waals surface area contributed by atoms with Gasteiger partial charge in [-0.25, -0.2) is 0 Å². The summed E-state index contributed by atoms with van der Waals surface area (Å²) in [5, 5.41) is 12.1. The second-order valence-corrected chi connectivity index (χ2v) is 10.6. The van der Waals surface area contributed by atoms with Crippen LogP contribution < -0.4 is 15.8 Å². The van der Waals surface area contributed by atoms with Crippen molar-refractivity contribution in [2.45, 2.75) is 83.1 Å². The monoisotopic (exact) mass is 552 g/mol. The van der Waals surface area contributed by atoms with E-state index in [1.807, 2.05) is 11.9 Å². The number of carbonyl (C=O) groups is 3. The molecule has 0 saturated carbocycles. The predicted molar refractivity (Wildman–Crippen MR) is 151 cm³/mol. The van der Waals surface area contributed by atoms with Crippen LogP contribution in [-0.4, -0.2) is 79.1 Å². The third kappa shape index (κ3) is 11.5. The van der Waals surface area contributed by atoms with Gasteiger partial charge in [0.2, 0.25) is 5.91 Å². The van der Waals surface area contributed by atoms with E-state index in [2.05, 4.69) is 10.2 Å². The van der Waals surface area contributed by atoms with Crippen LogP contribution in [0.4, 0.5) is 5.69 Å². The molecule has 10 heteroatoms. The summed E-state index contributed by atoms with van der Waals surface area (Å²) in [6.45, 7) is 3.64. The number of carboxylic acids is 1. The Balaban J connectivity index is 1.54. The van der Waals surface area contributed by atoms with E-state index in [1.54, 1.807) is 12.1 Å². The lowest BCUT2D eigenvalue weighted by Gasteiger charge is -2.32. The molecule has 0 spiro atoms. The van der Waals surface area contributed by atoms with E-state index >= 15 is 0 Å². The van der Waals surface area contributed by atoms with Gasteiger partial charge in [-0.05, 0) is 51.1 Å². The van der Waals surface area contributed by atoms with E-state index in [0.29, 0.717) is 28.4 Å². The molecule has 1 fully saturated rings. The minimum absolute atomic E-state index is 0.109. The number of carbonyl (C=O) groups excluding carboxylic acids is 2. The largest absolute Gasteiger partial charge is 0.496 e. The number of nitrogens with one attached hydrogen (secondary N) is 1. The van der Waals surface area contributed by atoms with Crippen molar-refractivity contribution in [3.05, 3.63) is 22.7 Å². The molecule has 1 saturated heterocycles. The van der Waals surface area contributed by atoms with Crippen LogP contribution in [0.2, 0.25) is 5.02 Å². The molecular weight excluding hydrogens is 508 g/mol. The summed E-state index contributed by atoms with van der Waals surface area (Å²) >= 11 is 6.10. The van der Waals surface area contributed by atoms with Crippen LogP contribution in [0, 0.1) is 0 Å².